The van der Waals surface area contributed by atoms with E-state index in [1.807, 2.05) is 0 Å². The normalized spacial score (nSPS) is 29.8. The largest absolute Gasteiger partial charge is 0.447 e. The monoisotopic (exact) mass is 183 g/mol. The van der Waals surface area contributed by atoms with Gasteiger partial charge in [-0.2, -0.15) is 0 Å². The van der Waals surface area contributed by atoms with Gasteiger partial charge in [-0.15, -0.1) is 0 Å². The summed E-state index contributed by atoms with van der Waals surface area (Å²) >= 11 is 0. The highest BCUT2D eigenvalue weighted by atomic mass is 16.6. The summed E-state index contributed by atoms with van der Waals surface area (Å²) in [7, 11) is 0. The van der Waals surface area contributed by atoms with E-state index in [0.717, 1.165) is 12.3 Å². The first kappa shape index (κ1) is 8.85. The third-order valence-corrected chi connectivity index (χ3v) is 3.08. The average molecular weight is 183 g/mol. The van der Waals surface area contributed by atoms with E-state index in [1.54, 1.807) is 0 Å². The summed E-state index contributed by atoms with van der Waals surface area (Å²) in [6.07, 6.45) is 7.69. The molecule has 2 aliphatic rings. The highest BCUT2D eigenvalue weighted by Crippen LogP contribution is 2.27. The van der Waals surface area contributed by atoms with Crippen LogP contribution < -0.4 is 5.32 Å². The fourth-order valence-corrected chi connectivity index (χ4v) is 2.38. The average Bonchev–Trinajstić information content (AvgIpc) is 2.53. The summed E-state index contributed by atoms with van der Waals surface area (Å²) < 4.78 is 4.86. The molecule has 74 valence electrons. The molecule has 2 rings (SSSR count). The maximum atomic E-state index is 10.8. The molecule has 0 bridgehead atoms. The molecule has 1 N–H and O–H groups in total. The lowest BCUT2D eigenvalue weighted by molar-refractivity contribution is 0.175. The predicted molar refractivity (Wildman–Crippen MR) is 49.5 cm³/mol. The Kier molecular flexibility index (Phi) is 2.71. The predicted octanol–water partition coefficient (Wildman–Crippen LogP) is 2.07. The Bertz CT molecular complexity index is 187. The molecule has 1 aliphatic carbocycles. The third-order valence-electron chi connectivity index (χ3n) is 3.08. The van der Waals surface area contributed by atoms with Crippen molar-refractivity contribution in [1.82, 2.24) is 5.32 Å². The molecule has 3 nitrogen and oxygen atoms in total. The van der Waals surface area contributed by atoms with E-state index >= 15 is 0 Å². The van der Waals surface area contributed by atoms with Crippen LogP contribution in [0.1, 0.15) is 38.5 Å². The van der Waals surface area contributed by atoms with E-state index in [9.17, 15) is 4.79 Å². The van der Waals surface area contributed by atoms with Crippen molar-refractivity contribution in [3.63, 3.8) is 0 Å². The van der Waals surface area contributed by atoms with Crippen molar-refractivity contribution in [3.8, 4) is 0 Å². The number of hydrogen-bond donors (Lipinski definition) is 1. The van der Waals surface area contributed by atoms with Crippen molar-refractivity contribution in [3.05, 3.63) is 0 Å². The molecule has 0 aromatic carbocycles. The summed E-state index contributed by atoms with van der Waals surface area (Å²) in [5.41, 5.74) is 0. The quantitative estimate of drug-likeness (QED) is 0.711. The zero-order chi connectivity index (χ0) is 9.10. The van der Waals surface area contributed by atoms with Gasteiger partial charge in [0.1, 0.15) is 6.61 Å². The van der Waals surface area contributed by atoms with Crippen LogP contribution in [-0.2, 0) is 4.74 Å². The number of carbonyl (C=O) groups excluding carboxylic acids is 1. The van der Waals surface area contributed by atoms with Crippen LogP contribution in [0.5, 0.6) is 0 Å². The summed E-state index contributed by atoms with van der Waals surface area (Å²) in [5.74, 6) is 0.820. The lowest BCUT2D eigenvalue weighted by atomic mass is 9.85. The number of alkyl carbamates (subject to hydrolysis) is 1. The zero-order valence-electron chi connectivity index (χ0n) is 7.92. The molecule has 1 amide bonds. The van der Waals surface area contributed by atoms with Crippen molar-refractivity contribution < 1.29 is 9.53 Å². The molecule has 0 aromatic heterocycles. The van der Waals surface area contributed by atoms with Gasteiger partial charge in [0.05, 0.1) is 6.04 Å². The van der Waals surface area contributed by atoms with Crippen LogP contribution in [0.2, 0.25) is 0 Å². The number of hydrogen-bond acceptors (Lipinski definition) is 2. The van der Waals surface area contributed by atoms with E-state index in [4.69, 9.17) is 4.74 Å². The molecule has 1 heterocycles. The minimum atomic E-state index is -0.235. The number of ether oxygens (including phenoxy) is 1. The molecule has 0 radical (unpaired) electrons. The van der Waals surface area contributed by atoms with E-state index in [1.165, 1.54) is 32.1 Å². The van der Waals surface area contributed by atoms with Crippen LogP contribution in [0.25, 0.3) is 0 Å². The number of rotatable bonds is 2. The van der Waals surface area contributed by atoms with E-state index < -0.39 is 0 Å². The van der Waals surface area contributed by atoms with Gasteiger partial charge in [0.2, 0.25) is 0 Å². The summed E-state index contributed by atoms with van der Waals surface area (Å²) in [6, 6.07) is 0.288. The highest BCUT2D eigenvalue weighted by Gasteiger charge is 2.25. The van der Waals surface area contributed by atoms with Crippen molar-refractivity contribution in [2.24, 2.45) is 5.92 Å². The zero-order valence-corrected chi connectivity index (χ0v) is 7.92. The standard InChI is InChI=1S/C10H17NO2/c12-10-11-9(7-13-10)6-8-4-2-1-3-5-8/h8-9H,1-7H2,(H,11,12)/t9-/m0/s1. The van der Waals surface area contributed by atoms with Crippen molar-refractivity contribution in [2.75, 3.05) is 6.61 Å². The fourth-order valence-electron chi connectivity index (χ4n) is 2.38. The summed E-state index contributed by atoms with van der Waals surface area (Å²) in [6.45, 7) is 0.579. The molecule has 0 unspecified atom stereocenters. The first-order valence-electron chi connectivity index (χ1n) is 5.28. The molecular formula is C10H17NO2. The minimum absolute atomic E-state index is 0.235. The maximum absolute atomic E-state index is 10.8. The fraction of sp³-hybridized carbons (Fsp3) is 0.900. The Labute approximate surface area is 78.8 Å². The minimum Gasteiger partial charge on any atom is -0.447 e. The van der Waals surface area contributed by atoms with E-state index in [2.05, 4.69) is 5.32 Å². The van der Waals surface area contributed by atoms with Gasteiger partial charge in [0.25, 0.3) is 0 Å². The number of cyclic esters (lactones) is 1. The number of nitrogens with one attached hydrogen (secondary N) is 1. The maximum Gasteiger partial charge on any atom is 0.407 e. The molecule has 13 heavy (non-hydrogen) atoms. The van der Waals surface area contributed by atoms with Gasteiger partial charge >= 0.3 is 6.09 Å². The molecule has 2 fully saturated rings. The first-order valence-corrected chi connectivity index (χ1v) is 5.28. The third kappa shape index (κ3) is 2.36. The van der Waals surface area contributed by atoms with Gasteiger partial charge in [-0.1, -0.05) is 32.1 Å². The van der Waals surface area contributed by atoms with Crippen LogP contribution in [0.3, 0.4) is 0 Å². The molecular weight excluding hydrogens is 166 g/mol. The second-order valence-electron chi connectivity index (χ2n) is 4.18. The topological polar surface area (TPSA) is 38.3 Å². The Balaban J connectivity index is 1.73. The highest BCUT2D eigenvalue weighted by molar-refractivity contribution is 5.69. The van der Waals surface area contributed by atoms with Gasteiger partial charge in [-0.3, -0.25) is 0 Å². The molecule has 1 saturated heterocycles. The SMILES string of the molecule is O=C1N[C@@H](CC2CCCCC2)CO1. The summed E-state index contributed by atoms with van der Waals surface area (Å²) in [5, 5.41) is 2.84. The van der Waals surface area contributed by atoms with Crippen LogP contribution in [0.15, 0.2) is 0 Å². The van der Waals surface area contributed by atoms with Crippen LogP contribution in [0, 0.1) is 5.92 Å². The Hall–Kier alpha value is -0.730. The van der Waals surface area contributed by atoms with Crippen LogP contribution >= 0.6 is 0 Å². The lowest BCUT2D eigenvalue weighted by Crippen LogP contribution is -2.29. The van der Waals surface area contributed by atoms with Gasteiger partial charge in [-0.05, 0) is 12.3 Å². The van der Waals surface area contributed by atoms with Gasteiger partial charge in [0, 0.05) is 0 Å². The summed E-state index contributed by atoms with van der Waals surface area (Å²) in [4.78, 5) is 10.8. The number of carbonyl (C=O) groups is 1. The molecule has 1 saturated carbocycles. The Morgan fingerprint density at radius 1 is 1.31 bits per heavy atom. The van der Waals surface area contributed by atoms with Crippen molar-refractivity contribution >= 4 is 6.09 Å². The second kappa shape index (κ2) is 3.99. The van der Waals surface area contributed by atoms with Gasteiger partial charge < -0.3 is 10.1 Å². The molecule has 0 spiro atoms. The van der Waals surface area contributed by atoms with Crippen molar-refractivity contribution in [2.45, 2.75) is 44.6 Å². The smallest absolute Gasteiger partial charge is 0.407 e. The number of amides is 1. The van der Waals surface area contributed by atoms with Gasteiger partial charge in [0.15, 0.2) is 0 Å². The second-order valence-corrected chi connectivity index (χ2v) is 4.18. The molecule has 1 aliphatic heterocycles. The van der Waals surface area contributed by atoms with Gasteiger partial charge in [-0.25, -0.2) is 4.79 Å². The lowest BCUT2D eigenvalue weighted by Gasteiger charge is -2.23. The van der Waals surface area contributed by atoms with Crippen molar-refractivity contribution in [1.29, 1.82) is 0 Å². The molecule has 3 heteroatoms. The van der Waals surface area contributed by atoms with Crippen LogP contribution in [-0.4, -0.2) is 18.7 Å². The van der Waals surface area contributed by atoms with E-state index in [0.29, 0.717) is 6.61 Å². The Morgan fingerprint density at radius 3 is 2.69 bits per heavy atom. The first-order chi connectivity index (χ1) is 6.34. The van der Waals surface area contributed by atoms with Crippen LogP contribution in [0.4, 0.5) is 4.79 Å². The molecule has 0 aromatic rings. The molecule has 1 atom stereocenters. The van der Waals surface area contributed by atoms with E-state index in [-0.39, 0.29) is 12.1 Å². The Morgan fingerprint density at radius 2 is 2.08 bits per heavy atom.